The maximum atomic E-state index is 13.5. The zero-order valence-electron chi connectivity index (χ0n) is 8.44. The summed E-state index contributed by atoms with van der Waals surface area (Å²) in [5, 5.41) is 3.05. The first-order chi connectivity index (χ1) is 7.48. The van der Waals surface area contributed by atoms with Gasteiger partial charge in [-0.25, -0.2) is 4.39 Å². The number of nitrogens with one attached hydrogen (secondary N) is 1. The van der Waals surface area contributed by atoms with Crippen LogP contribution in [0.2, 0.25) is 0 Å². The standard InChI is InChI=1S/C11H11F4N/c12-9-6-7(11(13,14)15)3-4-8(9)10-2-1-5-16-10/h3-4,6,10,16H,1-2,5H2/t10-/m1/s1. The lowest BCUT2D eigenvalue weighted by molar-refractivity contribution is -0.137. The Hall–Kier alpha value is -1.10. The van der Waals surface area contributed by atoms with E-state index in [9.17, 15) is 17.6 Å². The van der Waals surface area contributed by atoms with Crippen molar-refractivity contribution in [2.45, 2.75) is 25.1 Å². The van der Waals surface area contributed by atoms with E-state index >= 15 is 0 Å². The van der Waals surface area contributed by atoms with Gasteiger partial charge in [-0.1, -0.05) is 6.07 Å². The number of alkyl halides is 3. The minimum absolute atomic E-state index is 0.151. The lowest BCUT2D eigenvalue weighted by Crippen LogP contribution is -2.15. The summed E-state index contributed by atoms with van der Waals surface area (Å²) in [5.41, 5.74) is -0.614. The maximum absolute atomic E-state index is 13.5. The molecular formula is C11H11F4N. The van der Waals surface area contributed by atoms with Crippen molar-refractivity contribution in [3.05, 3.63) is 35.1 Å². The molecule has 1 saturated heterocycles. The molecule has 0 aromatic heterocycles. The zero-order chi connectivity index (χ0) is 11.8. The Bertz CT molecular complexity index is 380. The van der Waals surface area contributed by atoms with Gasteiger partial charge in [-0.15, -0.1) is 0 Å². The molecule has 0 radical (unpaired) electrons. The van der Waals surface area contributed by atoms with Gasteiger partial charge in [0.05, 0.1) is 5.56 Å². The van der Waals surface area contributed by atoms with Gasteiger partial charge in [0.15, 0.2) is 0 Å². The number of benzene rings is 1. The summed E-state index contributed by atoms with van der Waals surface area (Å²) in [4.78, 5) is 0. The monoisotopic (exact) mass is 233 g/mol. The molecule has 0 bridgehead atoms. The largest absolute Gasteiger partial charge is 0.416 e. The van der Waals surface area contributed by atoms with Crippen LogP contribution < -0.4 is 5.32 Å². The molecule has 1 nitrogen and oxygen atoms in total. The van der Waals surface area contributed by atoms with Crippen LogP contribution in [-0.4, -0.2) is 6.54 Å². The molecule has 1 aliphatic rings. The van der Waals surface area contributed by atoms with E-state index in [1.165, 1.54) is 6.07 Å². The van der Waals surface area contributed by atoms with E-state index in [1.54, 1.807) is 0 Å². The van der Waals surface area contributed by atoms with Gasteiger partial charge in [-0.3, -0.25) is 0 Å². The Morgan fingerprint density at radius 1 is 1.25 bits per heavy atom. The van der Waals surface area contributed by atoms with E-state index < -0.39 is 17.6 Å². The van der Waals surface area contributed by atoms with E-state index in [1.807, 2.05) is 0 Å². The van der Waals surface area contributed by atoms with Gasteiger partial charge in [0, 0.05) is 11.6 Å². The van der Waals surface area contributed by atoms with Gasteiger partial charge in [0.1, 0.15) is 5.82 Å². The maximum Gasteiger partial charge on any atom is 0.416 e. The first-order valence-electron chi connectivity index (χ1n) is 5.08. The Morgan fingerprint density at radius 2 is 2.00 bits per heavy atom. The summed E-state index contributed by atoms with van der Waals surface area (Å²) in [6, 6.07) is 2.57. The molecule has 16 heavy (non-hydrogen) atoms. The summed E-state index contributed by atoms with van der Waals surface area (Å²) in [7, 11) is 0. The number of rotatable bonds is 1. The molecule has 1 N–H and O–H groups in total. The molecule has 2 rings (SSSR count). The molecule has 1 fully saturated rings. The van der Waals surface area contributed by atoms with E-state index in [-0.39, 0.29) is 6.04 Å². The van der Waals surface area contributed by atoms with Gasteiger partial charge in [-0.2, -0.15) is 13.2 Å². The molecular weight excluding hydrogens is 222 g/mol. The molecule has 1 heterocycles. The van der Waals surface area contributed by atoms with Crippen molar-refractivity contribution >= 4 is 0 Å². The van der Waals surface area contributed by atoms with Crippen molar-refractivity contribution in [1.29, 1.82) is 0 Å². The average Bonchev–Trinajstić information content (AvgIpc) is 2.69. The molecule has 0 aliphatic carbocycles. The minimum atomic E-state index is -4.48. The SMILES string of the molecule is Fc1cc(C(F)(F)F)ccc1[C@H]1CCCN1. The topological polar surface area (TPSA) is 12.0 Å². The van der Waals surface area contributed by atoms with Crippen LogP contribution in [0.25, 0.3) is 0 Å². The lowest BCUT2D eigenvalue weighted by Gasteiger charge is -2.13. The van der Waals surface area contributed by atoms with E-state index in [4.69, 9.17) is 0 Å². The zero-order valence-corrected chi connectivity index (χ0v) is 8.44. The van der Waals surface area contributed by atoms with Crippen LogP contribution in [0.3, 0.4) is 0 Å². The smallest absolute Gasteiger partial charge is 0.310 e. The van der Waals surface area contributed by atoms with Gasteiger partial charge in [0.25, 0.3) is 0 Å². The number of hydrogen-bond acceptors (Lipinski definition) is 1. The molecule has 1 aromatic carbocycles. The fraction of sp³-hybridized carbons (Fsp3) is 0.455. The van der Waals surface area contributed by atoms with Crippen molar-refractivity contribution < 1.29 is 17.6 Å². The van der Waals surface area contributed by atoms with Gasteiger partial charge < -0.3 is 5.32 Å². The van der Waals surface area contributed by atoms with E-state index in [0.717, 1.165) is 25.5 Å². The third kappa shape index (κ3) is 2.19. The van der Waals surface area contributed by atoms with Crippen molar-refractivity contribution in [2.75, 3.05) is 6.54 Å². The second-order valence-electron chi connectivity index (χ2n) is 3.88. The van der Waals surface area contributed by atoms with Crippen LogP contribution in [0.4, 0.5) is 17.6 Å². The van der Waals surface area contributed by atoms with Crippen LogP contribution in [0.15, 0.2) is 18.2 Å². The van der Waals surface area contributed by atoms with Gasteiger partial charge >= 0.3 is 6.18 Å². The van der Waals surface area contributed by atoms with Gasteiger partial charge in [-0.05, 0) is 31.5 Å². The van der Waals surface area contributed by atoms with Gasteiger partial charge in [0.2, 0.25) is 0 Å². The minimum Gasteiger partial charge on any atom is -0.310 e. The number of halogens is 4. The van der Waals surface area contributed by atoms with Crippen LogP contribution in [0.1, 0.15) is 30.0 Å². The Kier molecular flexibility index (Phi) is 2.88. The Labute approximate surface area is 90.5 Å². The fourth-order valence-corrected chi connectivity index (χ4v) is 1.94. The highest BCUT2D eigenvalue weighted by molar-refractivity contribution is 5.29. The number of hydrogen-bond donors (Lipinski definition) is 1. The third-order valence-electron chi connectivity index (χ3n) is 2.76. The highest BCUT2D eigenvalue weighted by Crippen LogP contribution is 2.32. The molecule has 1 aliphatic heterocycles. The van der Waals surface area contributed by atoms with Crippen molar-refractivity contribution in [3.8, 4) is 0 Å². The fourth-order valence-electron chi connectivity index (χ4n) is 1.94. The first kappa shape index (κ1) is 11.4. The van der Waals surface area contributed by atoms with Crippen LogP contribution >= 0.6 is 0 Å². The molecule has 0 unspecified atom stereocenters. The van der Waals surface area contributed by atoms with E-state index in [0.29, 0.717) is 11.6 Å². The Morgan fingerprint density at radius 3 is 2.50 bits per heavy atom. The third-order valence-corrected chi connectivity index (χ3v) is 2.76. The normalized spacial score (nSPS) is 21.4. The van der Waals surface area contributed by atoms with Crippen molar-refractivity contribution in [2.24, 2.45) is 0 Å². The van der Waals surface area contributed by atoms with Crippen LogP contribution in [0, 0.1) is 5.82 Å². The first-order valence-corrected chi connectivity index (χ1v) is 5.08. The molecule has 5 heteroatoms. The Balaban J connectivity index is 2.29. The quantitative estimate of drug-likeness (QED) is 0.734. The summed E-state index contributed by atoms with van der Waals surface area (Å²) in [6.07, 6.45) is -2.80. The predicted octanol–water partition coefficient (Wildman–Crippen LogP) is 3.27. The van der Waals surface area contributed by atoms with Crippen LogP contribution in [0.5, 0.6) is 0 Å². The average molecular weight is 233 g/mol. The van der Waals surface area contributed by atoms with E-state index in [2.05, 4.69) is 5.32 Å². The lowest BCUT2D eigenvalue weighted by atomic mass is 10.0. The van der Waals surface area contributed by atoms with Crippen molar-refractivity contribution in [3.63, 3.8) is 0 Å². The molecule has 88 valence electrons. The second-order valence-corrected chi connectivity index (χ2v) is 3.88. The molecule has 0 amide bonds. The molecule has 1 aromatic rings. The summed E-state index contributed by atoms with van der Waals surface area (Å²) >= 11 is 0. The summed E-state index contributed by atoms with van der Waals surface area (Å²) < 4.78 is 50.4. The predicted molar refractivity (Wildman–Crippen MR) is 51.4 cm³/mol. The van der Waals surface area contributed by atoms with Crippen molar-refractivity contribution in [1.82, 2.24) is 5.32 Å². The molecule has 0 spiro atoms. The highest BCUT2D eigenvalue weighted by Gasteiger charge is 2.32. The highest BCUT2D eigenvalue weighted by atomic mass is 19.4. The van der Waals surface area contributed by atoms with Crippen LogP contribution in [-0.2, 0) is 6.18 Å². The second kappa shape index (κ2) is 4.05. The molecule has 0 saturated carbocycles. The summed E-state index contributed by atoms with van der Waals surface area (Å²) in [5.74, 6) is -0.783. The molecule has 1 atom stereocenters. The summed E-state index contributed by atoms with van der Waals surface area (Å²) in [6.45, 7) is 0.783.